The zero-order valence-electron chi connectivity index (χ0n) is 13.0. The molecule has 1 aromatic heterocycles. The largest absolute Gasteiger partial charge is 0.349 e. The van der Waals surface area contributed by atoms with Gasteiger partial charge in [-0.25, -0.2) is 0 Å². The van der Waals surface area contributed by atoms with Crippen molar-refractivity contribution in [2.45, 2.75) is 46.1 Å². The van der Waals surface area contributed by atoms with Crippen LogP contribution in [0.2, 0.25) is 0 Å². The van der Waals surface area contributed by atoms with Gasteiger partial charge in [0.1, 0.15) is 5.69 Å². The second-order valence-electron chi connectivity index (χ2n) is 6.62. The predicted molar refractivity (Wildman–Crippen MR) is 79.7 cm³/mol. The fourth-order valence-electron chi connectivity index (χ4n) is 2.81. The molecule has 1 saturated heterocycles. The van der Waals surface area contributed by atoms with Crippen molar-refractivity contribution in [3.8, 4) is 0 Å². The van der Waals surface area contributed by atoms with E-state index in [0.29, 0.717) is 12.2 Å². The minimum Gasteiger partial charge on any atom is -0.349 e. The fraction of sp³-hybridized carbons (Fsp3) is 0.733. The average molecular weight is 278 g/mol. The molecule has 5 nitrogen and oxygen atoms in total. The van der Waals surface area contributed by atoms with Gasteiger partial charge in [-0.1, -0.05) is 6.92 Å². The van der Waals surface area contributed by atoms with E-state index >= 15 is 0 Å². The Bertz CT molecular complexity index is 466. The monoisotopic (exact) mass is 278 g/mol. The number of H-pyrrole nitrogens is 1. The lowest BCUT2D eigenvalue weighted by atomic mass is 9.93. The lowest BCUT2D eigenvalue weighted by Gasteiger charge is -2.43. The van der Waals surface area contributed by atoms with Crippen LogP contribution in [0.15, 0.2) is 6.20 Å². The number of nitrogens with one attached hydrogen (secondary N) is 2. The first-order valence-corrected chi connectivity index (χ1v) is 7.43. The van der Waals surface area contributed by atoms with E-state index in [1.54, 1.807) is 6.20 Å². The third-order valence-corrected chi connectivity index (χ3v) is 4.25. The molecule has 112 valence electrons. The van der Waals surface area contributed by atoms with Gasteiger partial charge in [0.2, 0.25) is 0 Å². The van der Waals surface area contributed by atoms with Crippen molar-refractivity contribution in [3.63, 3.8) is 0 Å². The van der Waals surface area contributed by atoms with Crippen LogP contribution in [0.1, 0.15) is 49.7 Å². The van der Waals surface area contributed by atoms with Crippen molar-refractivity contribution >= 4 is 5.91 Å². The Labute approximate surface area is 121 Å². The second-order valence-corrected chi connectivity index (χ2v) is 6.62. The molecule has 5 heteroatoms. The third-order valence-electron chi connectivity index (χ3n) is 4.25. The predicted octanol–water partition coefficient (Wildman–Crippen LogP) is 1.96. The molecule has 2 N–H and O–H groups in total. The molecular weight excluding hydrogens is 252 g/mol. The van der Waals surface area contributed by atoms with Crippen molar-refractivity contribution < 1.29 is 4.79 Å². The van der Waals surface area contributed by atoms with Crippen molar-refractivity contribution in [2.75, 3.05) is 19.6 Å². The fourth-order valence-corrected chi connectivity index (χ4v) is 2.81. The normalized spacial score (nSPS) is 20.9. The first kappa shape index (κ1) is 15.0. The summed E-state index contributed by atoms with van der Waals surface area (Å²) in [6, 6.07) is 0. The van der Waals surface area contributed by atoms with Crippen LogP contribution in [0, 0.1) is 12.8 Å². The highest BCUT2D eigenvalue weighted by Gasteiger charge is 2.30. The Morgan fingerprint density at radius 1 is 1.60 bits per heavy atom. The van der Waals surface area contributed by atoms with Gasteiger partial charge >= 0.3 is 0 Å². The summed E-state index contributed by atoms with van der Waals surface area (Å²) in [5, 5.41) is 9.67. The van der Waals surface area contributed by atoms with E-state index in [9.17, 15) is 4.79 Å². The molecule has 0 aliphatic carbocycles. The first-order valence-electron chi connectivity index (χ1n) is 7.43. The zero-order chi connectivity index (χ0) is 14.8. The molecule has 1 unspecified atom stereocenters. The molecule has 1 aliphatic heterocycles. The molecule has 0 saturated carbocycles. The molecule has 0 spiro atoms. The van der Waals surface area contributed by atoms with Crippen LogP contribution in [0.3, 0.4) is 0 Å². The molecule has 0 radical (unpaired) electrons. The van der Waals surface area contributed by atoms with Gasteiger partial charge in [0.15, 0.2) is 0 Å². The lowest BCUT2D eigenvalue weighted by molar-refractivity contribution is 0.0655. The number of aromatic amines is 1. The number of piperidine rings is 1. The molecule has 20 heavy (non-hydrogen) atoms. The average Bonchev–Trinajstić information content (AvgIpc) is 2.82. The maximum absolute atomic E-state index is 12.1. The Kier molecular flexibility index (Phi) is 4.48. The third kappa shape index (κ3) is 3.39. The highest BCUT2D eigenvalue weighted by Crippen LogP contribution is 2.23. The topological polar surface area (TPSA) is 61.0 Å². The molecule has 2 heterocycles. The number of hydrogen-bond donors (Lipinski definition) is 2. The number of likely N-dealkylation sites (tertiary alicyclic amines) is 1. The maximum Gasteiger partial charge on any atom is 0.269 e. The van der Waals surface area contributed by atoms with Gasteiger partial charge in [-0.05, 0) is 51.6 Å². The Balaban J connectivity index is 1.92. The highest BCUT2D eigenvalue weighted by molar-refractivity contribution is 5.93. The minimum atomic E-state index is -0.0712. The number of rotatable bonds is 4. The van der Waals surface area contributed by atoms with Gasteiger partial charge in [-0.3, -0.25) is 14.8 Å². The second kappa shape index (κ2) is 5.95. The van der Waals surface area contributed by atoms with Gasteiger partial charge in [-0.2, -0.15) is 5.10 Å². The van der Waals surface area contributed by atoms with Gasteiger partial charge in [-0.15, -0.1) is 0 Å². The van der Waals surface area contributed by atoms with E-state index in [-0.39, 0.29) is 11.4 Å². The quantitative estimate of drug-likeness (QED) is 0.885. The van der Waals surface area contributed by atoms with Crippen LogP contribution in [0.25, 0.3) is 0 Å². The molecular formula is C15H26N4O. The molecule has 1 fully saturated rings. The number of aromatic nitrogens is 2. The molecule has 1 amide bonds. The first-order chi connectivity index (χ1) is 9.40. The number of carbonyl (C=O) groups is 1. The van der Waals surface area contributed by atoms with E-state index in [1.165, 1.54) is 12.8 Å². The molecule has 2 rings (SSSR count). The highest BCUT2D eigenvalue weighted by atomic mass is 16.1. The number of carbonyl (C=O) groups excluding carboxylic acids is 1. The Morgan fingerprint density at radius 2 is 2.35 bits per heavy atom. The van der Waals surface area contributed by atoms with Gasteiger partial charge in [0.05, 0.1) is 6.20 Å². The van der Waals surface area contributed by atoms with E-state index in [1.807, 2.05) is 6.92 Å². The van der Waals surface area contributed by atoms with Crippen molar-refractivity contribution in [1.29, 1.82) is 0 Å². The molecule has 1 atom stereocenters. The number of aryl methyl sites for hydroxylation is 1. The summed E-state index contributed by atoms with van der Waals surface area (Å²) >= 11 is 0. The molecule has 1 aliphatic rings. The lowest BCUT2D eigenvalue weighted by Crippen LogP contribution is -2.54. The van der Waals surface area contributed by atoms with Crippen LogP contribution in [-0.2, 0) is 0 Å². The standard InChI is InChI=1S/C15H26N4O/c1-11-6-5-7-19(9-11)15(3,4)10-16-14(20)13-12(2)8-17-18-13/h8,11H,5-7,9-10H2,1-4H3,(H,16,20)(H,17,18). The van der Waals surface area contributed by atoms with Crippen LogP contribution in [0.5, 0.6) is 0 Å². The number of nitrogens with zero attached hydrogens (tertiary/aromatic N) is 2. The van der Waals surface area contributed by atoms with Gasteiger partial charge < -0.3 is 5.32 Å². The summed E-state index contributed by atoms with van der Waals surface area (Å²) in [4.78, 5) is 14.6. The van der Waals surface area contributed by atoms with Gasteiger partial charge in [0.25, 0.3) is 5.91 Å². The summed E-state index contributed by atoms with van der Waals surface area (Å²) < 4.78 is 0. The summed E-state index contributed by atoms with van der Waals surface area (Å²) in [6.45, 7) is 11.5. The van der Waals surface area contributed by atoms with E-state index in [0.717, 1.165) is 24.6 Å². The smallest absolute Gasteiger partial charge is 0.269 e. The number of hydrogen-bond acceptors (Lipinski definition) is 3. The molecule has 1 aromatic rings. The summed E-state index contributed by atoms with van der Waals surface area (Å²) in [5.41, 5.74) is 1.43. The van der Waals surface area contributed by atoms with Crippen molar-refractivity contribution in [3.05, 3.63) is 17.5 Å². The minimum absolute atomic E-state index is 0.0156. The summed E-state index contributed by atoms with van der Waals surface area (Å²) in [5.74, 6) is 0.673. The zero-order valence-corrected chi connectivity index (χ0v) is 13.0. The van der Waals surface area contributed by atoms with Crippen molar-refractivity contribution in [1.82, 2.24) is 20.4 Å². The number of amides is 1. The van der Waals surface area contributed by atoms with Crippen LogP contribution >= 0.6 is 0 Å². The summed E-state index contributed by atoms with van der Waals surface area (Å²) in [7, 11) is 0. The SMILES string of the molecule is Cc1cn[nH]c1C(=O)NCC(C)(C)N1CCCC(C)C1. The molecule has 0 bridgehead atoms. The van der Waals surface area contributed by atoms with E-state index < -0.39 is 0 Å². The van der Waals surface area contributed by atoms with Crippen LogP contribution in [0.4, 0.5) is 0 Å². The van der Waals surface area contributed by atoms with E-state index in [4.69, 9.17) is 0 Å². The summed E-state index contributed by atoms with van der Waals surface area (Å²) in [6.07, 6.45) is 4.23. The van der Waals surface area contributed by atoms with E-state index in [2.05, 4.69) is 41.2 Å². The van der Waals surface area contributed by atoms with Crippen LogP contribution in [-0.4, -0.2) is 46.2 Å². The Morgan fingerprint density at radius 3 is 2.95 bits per heavy atom. The maximum atomic E-state index is 12.1. The Hall–Kier alpha value is -1.36. The van der Waals surface area contributed by atoms with Crippen LogP contribution < -0.4 is 5.32 Å². The van der Waals surface area contributed by atoms with Crippen molar-refractivity contribution in [2.24, 2.45) is 5.92 Å². The van der Waals surface area contributed by atoms with Gasteiger partial charge in [0, 0.05) is 18.6 Å². The molecule has 0 aromatic carbocycles.